The molecule has 0 aliphatic carbocycles. The maximum Gasteiger partial charge on any atom is 0.277 e. The van der Waals surface area contributed by atoms with Crippen molar-refractivity contribution in [3.05, 3.63) is 44.9 Å². The average molecular weight is 344 g/mol. The summed E-state index contributed by atoms with van der Waals surface area (Å²) in [6.45, 7) is 1.20. The molecule has 0 bridgehead atoms. The third-order valence-corrected chi connectivity index (χ3v) is 4.61. The third-order valence-electron chi connectivity index (χ3n) is 3.34. The fourth-order valence-electron chi connectivity index (χ4n) is 2.39. The van der Waals surface area contributed by atoms with Crippen LogP contribution in [0.1, 0.15) is 21.1 Å². The second kappa shape index (κ2) is 6.75. The number of thiazole rings is 1. The topological polar surface area (TPSA) is 59.2 Å². The molecule has 4 nitrogen and oxygen atoms in total. The monoisotopic (exact) mass is 343 g/mol. The Hall–Kier alpha value is -1.14. The van der Waals surface area contributed by atoms with E-state index in [-0.39, 0.29) is 18.3 Å². The summed E-state index contributed by atoms with van der Waals surface area (Å²) >= 11 is 7.65. The lowest BCUT2D eigenvalue weighted by molar-refractivity contribution is 0.0985. The van der Waals surface area contributed by atoms with E-state index in [9.17, 15) is 4.79 Å². The molecule has 2 heterocycles. The molecule has 2 aromatic rings. The van der Waals surface area contributed by atoms with Gasteiger partial charge in [0.25, 0.3) is 5.91 Å². The Morgan fingerprint density at radius 3 is 3.05 bits per heavy atom. The van der Waals surface area contributed by atoms with Crippen LogP contribution in [0.2, 0.25) is 5.02 Å². The maximum absolute atomic E-state index is 12.5. The molecule has 1 amide bonds. The highest BCUT2D eigenvalue weighted by Crippen LogP contribution is 2.34. The van der Waals surface area contributed by atoms with Crippen LogP contribution in [0.15, 0.2) is 23.6 Å². The molecule has 1 aromatic carbocycles. The molecule has 1 aromatic heterocycles. The molecule has 1 aliphatic rings. The van der Waals surface area contributed by atoms with Crippen LogP contribution in [-0.2, 0) is 12.8 Å². The standard InChI is InChI=1S/C14H14ClN3OS.ClH/c15-10-2-1-3-12-9(10)5-7-18(12)14(19)11-8-20-13(17-11)4-6-16;/h1-3,8H,4-7,16H2;1H. The third kappa shape index (κ3) is 3.06. The van der Waals surface area contributed by atoms with Crippen molar-refractivity contribution in [1.82, 2.24) is 4.98 Å². The molecular formula is C14H15Cl2N3OS. The second-order valence-electron chi connectivity index (χ2n) is 4.61. The number of nitrogens with two attached hydrogens (primary N) is 1. The van der Waals surface area contributed by atoms with Gasteiger partial charge in [-0.15, -0.1) is 23.7 Å². The molecule has 1 aliphatic heterocycles. The molecule has 0 unspecified atom stereocenters. The number of aromatic nitrogens is 1. The van der Waals surface area contributed by atoms with Crippen LogP contribution in [0.5, 0.6) is 0 Å². The van der Waals surface area contributed by atoms with Gasteiger partial charge in [0.05, 0.1) is 5.01 Å². The van der Waals surface area contributed by atoms with E-state index >= 15 is 0 Å². The zero-order chi connectivity index (χ0) is 14.1. The highest BCUT2D eigenvalue weighted by Gasteiger charge is 2.28. The number of benzene rings is 1. The second-order valence-corrected chi connectivity index (χ2v) is 5.96. The number of carbonyl (C=O) groups excluding carboxylic acids is 1. The summed E-state index contributed by atoms with van der Waals surface area (Å²) in [7, 11) is 0. The molecule has 0 saturated carbocycles. The number of carbonyl (C=O) groups is 1. The number of hydrogen-bond acceptors (Lipinski definition) is 4. The van der Waals surface area contributed by atoms with E-state index in [0.29, 0.717) is 25.2 Å². The van der Waals surface area contributed by atoms with Gasteiger partial charge in [0.15, 0.2) is 0 Å². The van der Waals surface area contributed by atoms with Crippen molar-refractivity contribution in [1.29, 1.82) is 0 Å². The molecule has 0 saturated heterocycles. The Bertz CT molecular complexity index is 659. The zero-order valence-electron chi connectivity index (χ0n) is 11.2. The summed E-state index contributed by atoms with van der Waals surface area (Å²) in [5.41, 5.74) is 7.94. The number of fused-ring (bicyclic) bond motifs is 1. The lowest BCUT2D eigenvalue weighted by Gasteiger charge is -2.16. The van der Waals surface area contributed by atoms with Crippen LogP contribution in [0, 0.1) is 0 Å². The van der Waals surface area contributed by atoms with Crippen LogP contribution in [0.3, 0.4) is 0 Å². The minimum absolute atomic E-state index is 0. The van der Waals surface area contributed by atoms with Gasteiger partial charge < -0.3 is 10.6 Å². The molecule has 112 valence electrons. The van der Waals surface area contributed by atoms with Gasteiger partial charge in [-0.05, 0) is 30.7 Å². The molecule has 21 heavy (non-hydrogen) atoms. The van der Waals surface area contributed by atoms with E-state index < -0.39 is 0 Å². The molecule has 0 fully saturated rings. The highest BCUT2D eigenvalue weighted by atomic mass is 35.5. The van der Waals surface area contributed by atoms with Crippen LogP contribution < -0.4 is 10.6 Å². The normalized spacial score (nSPS) is 13.0. The Labute approximate surface area is 138 Å². The maximum atomic E-state index is 12.5. The first-order valence-electron chi connectivity index (χ1n) is 6.44. The number of rotatable bonds is 3. The Morgan fingerprint density at radius 1 is 1.48 bits per heavy atom. The summed E-state index contributed by atoms with van der Waals surface area (Å²) in [5, 5.41) is 3.43. The Morgan fingerprint density at radius 2 is 2.29 bits per heavy atom. The quantitative estimate of drug-likeness (QED) is 0.931. The van der Waals surface area contributed by atoms with Crippen molar-refractivity contribution in [2.24, 2.45) is 5.73 Å². The highest BCUT2D eigenvalue weighted by molar-refractivity contribution is 7.09. The first-order valence-corrected chi connectivity index (χ1v) is 7.70. The largest absolute Gasteiger partial charge is 0.330 e. The lowest BCUT2D eigenvalue weighted by Crippen LogP contribution is -2.29. The van der Waals surface area contributed by atoms with Gasteiger partial charge in [0, 0.05) is 29.1 Å². The minimum atomic E-state index is -0.0643. The first kappa shape index (κ1) is 16.2. The Kier molecular flexibility index (Phi) is 5.22. The van der Waals surface area contributed by atoms with Crippen molar-refractivity contribution < 1.29 is 4.79 Å². The van der Waals surface area contributed by atoms with Crippen LogP contribution in [0.25, 0.3) is 0 Å². The molecule has 0 atom stereocenters. The van der Waals surface area contributed by atoms with E-state index in [0.717, 1.165) is 27.7 Å². The SMILES string of the molecule is Cl.NCCc1nc(C(=O)N2CCc3c(Cl)cccc32)cs1. The van der Waals surface area contributed by atoms with Crippen molar-refractivity contribution in [2.75, 3.05) is 18.0 Å². The van der Waals surface area contributed by atoms with Gasteiger partial charge in [-0.3, -0.25) is 4.79 Å². The molecule has 3 rings (SSSR count). The minimum Gasteiger partial charge on any atom is -0.330 e. The number of amides is 1. The molecule has 0 spiro atoms. The van der Waals surface area contributed by atoms with E-state index in [1.54, 1.807) is 10.3 Å². The number of anilines is 1. The Balaban J connectivity index is 0.00000161. The van der Waals surface area contributed by atoms with Crippen molar-refractivity contribution in [3.8, 4) is 0 Å². The van der Waals surface area contributed by atoms with E-state index in [4.69, 9.17) is 17.3 Å². The summed E-state index contributed by atoms with van der Waals surface area (Å²) in [6, 6.07) is 5.66. The molecule has 7 heteroatoms. The van der Waals surface area contributed by atoms with Gasteiger partial charge in [0.1, 0.15) is 5.69 Å². The predicted molar refractivity (Wildman–Crippen MR) is 89.0 cm³/mol. The van der Waals surface area contributed by atoms with E-state index in [2.05, 4.69) is 4.98 Å². The first-order chi connectivity index (χ1) is 9.70. The van der Waals surface area contributed by atoms with Crippen LogP contribution in [0.4, 0.5) is 5.69 Å². The van der Waals surface area contributed by atoms with Crippen LogP contribution >= 0.6 is 35.3 Å². The molecule has 2 N–H and O–H groups in total. The van der Waals surface area contributed by atoms with Gasteiger partial charge in [-0.25, -0.2) is 4.98 Å². The van der Waals surface area contributed by atoms with E-state index in [1.807, 2.05) is 18.2 Å². The fraction of sp³-hybridized carbons (Fsp3) is 0.286. The number of hydrogen-bond donors (Lipinski definition) is 1. The summed E-state index contributed by atoms with van der Waals surface area (Å²) in [4.78, 5) is 18.6. The van der Waals surface area contributed by atoms with Crippen molar-refractivity contribution in [3.63, 3.8) is 0 Å². The lowest BCUT2D eigenvalue weighted by atomic mass is 10.2. The molecule has 0 radical (unpaired) electrons. The number of halogens is 2. The predicted octanol–water partition coefficient (Wildman–Crippen LogP) is 2.92. The summed E-state index contributed by atoms with van der Waals surface area (Å²) in [6.07, 6.45) is 1.50. The van der Waals surface area contributed by atoms with E-state index in [1.165, 1.54) is 11.3 Å². The average Bonchev–Trinajstić information content (AvgIpc) is 3.06. The molecular weight excluding hydrogens is 329 g/mol. The van der Waals surface area contributed by atoms with Crippen molar-refractivity contribution >= 4 is 46.9 Å². The summed E-state index contributed by atoms with van der Waals surface area (Å²) in [5.74, 6) is -0.0643. The zero-order valence-corrected chi connectivity index (χ0v) is 13.6. The fourth-order valence-corrected chi connectivity index (χ4v) is 3.44. The number of nitrogens with zero attached hydrogens (tertiary/aromatic N) is 2. The van der Waals surface area contributed by atoms with Gasteiger partial charge in [0.2, 0.25) is 0 Å². The van der Waals surface area contributed by atoms with Crippen molar-refractivity contribution in [2.45, 2.75) is 12.8 Å². The smallest absolute Gasteiger partial charge is 0.277 e. The van der Waals surface area contributed by atoms with Gasteiger partial charge in [-0.1, -0.05) is 17.7 Å². The van der Waals surface area contributed by atoms with Crippen LogP contribution in [-0.4, -0.2) is 24.0 Å². The summed E-state index contributed by atoms with van der Waals surface area (Å²) < 4.78 is 0. The van der Waals surface area contributed by atoms with Gasteiger partial charge in [-0.2, -0.15) is 0 Å². The van der Waals surface area contributed by atoms with Gasteiger partial charge >= 0.3 is 0 Å².